The first-order chi connectivity index (χ1) is 13.6. The molecule has 0 saturated carbocycles. The van der Waals surface area contributed by atoms with E-state index in [4.69, 9.17) is 4.98 Å². The second kappa shape index (κ2) is 7.70. The third-order valence-electron chi connectivity index (χ3n) is 4.31. The molecule has 0 radical (unpaired) electrons. The average molecular weight is 386 g/mol. The number of rotatable bonds is 4. The molecule has 2 aromatic carbocycles. The van der Waals surface area contributed by atoms with E-state index in [9.17, 15) is 4.79 Å². The smallest absolute Gasteiger partial charge is 0.267 e. The summed E-state index contributed by atoms with van der Waals surface area (Å²) in [6, 6.07) is 17.5. The molecule has 4 rings (SSSR count). The Morgan fingerprint density at radius 3 is 2.61 bits per heavy atom. The molecule has 2 aromatic heterocycles. The van der Waals surface area contributed by atoms with E-state index in [0.717, 1.165) is 32.9 Å². The summed E-state index contributed by atoms with van der Waals surface area (Å²) in [5, 5.41) is 7.68. The van der Waals surface area contributed by atoms with Crippen molar-refractivity contribution < 1.29 is 4.79 Å². The maximum absolute atomic E-state index is 12.8. The standard InChI is InChI=1S/C22H18N4OS/c1-14-7-9-16(10-8-14)21-11-19(18-5-3-4-6-20(18)25-21)22(27)26-23-12-17-13-28-15(2)24-17/h3-13H,1-2H3,(H,26,27)/b23-12-. The van der Waals surface area contributed by atoms with Crippen LogP contribution in [0.5, 0.6) is 0 Å². The molecule has 0 aliphatic carbocycles. The number of fused-ring (bicyclic) bond motifs is 1. The van der Waals surface area contributed by atoms with Gasteiger partial charge in [0.1, 0.15) is 0 Å². The van der Waals surface area contributed by atoms with Crippen LogP contribution in [0.4, 0.5) is 0 Å². The Balaban J connectivity index is 1.69. The van der Waals surface area contributed by atoms with E-state index < -0.39 is 0 Å². The van der Waals surface area contributed by atoms with Crippen molar-refractivity contribution in [2.75, 3.05) is 0 Å². The highest BCUT2D eigenvalue weighted by atomic mass is 32.1. The van der Waals surface area contributed by atoms with Gasteiger partial charge in [-0.2, -0.15) is 5.10 Å². The molecule has 0 saturated heterocycles. The SMILES string of the molecule is Cc1ccc(-c2cc(C(=O)N/N=C\c3csc(C)n3)c3ccccc3n2)cc1. The van der Waals surface area contributed by atoms with Crippen molar-refractivity contribution in [1.82, 2.24) is 15.4 Å². The van der Waals surface area contributed by atoms with Gasteiger partial charge < -0.3 is 0 Å². The maximum Gasteiger partial charge on any atom is 0.272 e. The molecule has 0 atom stereocenters. The highest BCUT2D eigenvalue weighted by molar-refractivity contribution is 7.09. The van der Waals surface area contributed by atoms with E-state index >= 15 is 0 Å². The minimum Gasteiger partial charge on any atom is -0.267 e. The van der Waals surface area contributed by atoms with Gasteiger partial charge in [0.2, 0.25) is 0 Å². The second-order valence-electron chi connectivity index (χ2n) is 6.43. The first-order valence-electron chi connectivity index (χ1n) is 8.82. The van der Waals surface area contributed by atoms with E-state index in [1.807, 2.05) is 73.8 Å². The Bertz CT molecular complexity index is 1180. The Labute approximate surface area is 166 Å². The lowest BCUT2D eigenvalue weighted by Gasteiger charge is -2.09. The number of aryl methyl sites for hydroxylation is 2. The highest BCUT2D eigenvalue weighted by Gasteiger charge is 2.13. The summed E-state index contributed by atoms with van der Waals surface area (Å²) in [4.78, 5) is 21.8. The van der Waals surface area contributed by atoms with E-state index in [2.05, 4.69) is 15.5 Å². The molecule has 5 nitrogen and oxygen atoms in total. The summed E-state index contributed by atoms with van der Waals surface area (Å²) < 4.78 is 0. The minimum atomic E-state index is -0.282. The van der Waals surface area contributed by atoms with Crippen LogP contribution in [0.2, 0.25) is 0 Å². The molecular formula is C22H18N4OS. The van der Waals surface area contributed by atoms with Crippen LogP contribution >= 0.6 is 11.3 Å². The molecule has 28 heavy (non-hydrogen) atoms. The first kappa shape index (κ1) is 18.0. The molecule has 0 aliphatic heterocycles. The van der Waals surface area contributed by atoms with Gasteiger partial charge in [-0.05, 0) is 26.0 Å². The van der Waals surface area contributed by atoms with Gasteiger partial charge in [0.15, 0.2) is 0 Å². The van der Waals surface area contributed by atoms with Gasteiger partial charge in [-0.3, -0.25) is 4.79 Å². The van der Waals surface area contributed by atoms with Crippen molar-refractivity contribution in [2.45, 2.75) is 13.8 Å². The summed E-state index contributed by atoms with van der Waals surface area (Å²) in [5.74, 6) is -0.282. The van der Waals surface area contributed by atoms with Crippen molar-refractivity contribution in [2.24, 2.45) is 5.10 Å². The largest absolute Gasteiger partial charge is 0.272 e. The zero-order valence-corrected chi connectivity index (χ0v) is 16.3. The van der Waals surface area contributed by atoms with E-state index in [0.29, 0.717) is 5.56 Å². The number of thiazole rings is 1. The van der Waals surface area contributed by atoms with Crippen LogP contribution in [0.15, 0.2) is 65.1 Å². The van der Waals surface area contributed by atoms with E-state index in [1.165, 1.54) is 16.9 Å². The lowest BCUT2D eigenvalue weighted by Crippen LogP contribution is -2.18. The number of nitrogens with one attached hydrogen (secondary N) is 1. The molecule has 0 bridgehead atoms. The zero-order valence-electron chi connectivity index (χ0n) is 15.5. The van der Waals surface area contributed by atoms with Gasteiger partial charge in [0.05, 0.1) is 33.7 Å². The lowest BCUT2D eigenvalue weighted by molar-refractivity contribution is 0.0956. The van der Waals surface area contributed by atoms with Crippen LogP contribution in [0.1, 0.15) is 26.6 Å². The predicted octanol–water partition coefficient (Wildman–Crippen LogP) is 4.74. The molecular weight excluding hydrogens is 368 g/mol. The van der Waals surface area contributed by atoms with Crippen molar-refractivity contribution in [3.63, 3.8) is 0 Å². The summed E-state index contributed by atoms with van der Waals surface area (Å²) >= 11 is 1.54. The summed E-state index contributed by atoms with van der Waals surface area (Å²) in [6.45, 7) is 3.97. The Kier molecular flexibility index (Phi) is 4.95. The molecule has 0 spiro atoms. The van der Waals surface area contributed by atoms with Crippen molar-refractivity contribution in [1.29, 1.82) is 0 Å². The van der Waals surface area contributed by atoms with Gasteiger partial charge in [0.25, 0.3) is 5.91 Å². The number of hydrogen-bond donors (Lipinski definition) is 1. The molecule has 4 aromatic rings. The number of aromatic nitrogens is 2. The molecule has 6 heteroatoms. The van der Waals surface area contributed by atoms with Gasteiger partial charge in [-0.1, -0.05) is 48.0 Å². The summed E-state index contributed by atoms with van der Waals surface area (Å²) in [5.41, 5.74) is 7.52. The fourth-order valence-corrected chi connectivity index (χ4v) is 3.46. The third kappa shape index (κ3) is 3.82. The molecule has 138 valence electrons. The quantitative estimate of drug-likeness (QED) is 0.407. The predicted molar refractivity (Wildman–Crippen MR) is 114 cm³/mol. The number of pyridine rings is 1. The van der Waals surface area contributed by atoms with Crippen LogP contribution in [0.3, 0.4) is 0 Å². The van der Waals surface area contributed by atoms with Crippen LogP contribution in [0.25, 0.3) is 22.2 Å². The monoisotopic (exact) mass is 386 g/mol. The maximum atomic E-state index is 12.8. The van der Waals surface area contributed by atoms with Crippen LogP contribution < -0.4 is 5.43 Å². The summed E-state index contributed by atoms with van der Waals surface area (Å²) in [7, 11) is 0. The Hall–Kier alpha value is -3.38. The molecule has 0 fully saturated rings. The van der Waals surface area contributed by atoms with E-state index in [-0.39, 0.29) is 5.91 Å². The minimum absolute atomic E-state index is 0.282. The lowest BCUT2D eigenvalue weighted by atomic mass is 10.0. The Morgan fingerprint density at radius 2 is 1.86 bits per heavy atom. The number of carbonyl (C=O) groups excluding carboxylic acids is 1. The van der Waals surface area contributed by atoms with Crippen molar-refractivity contribution in [3.05, 3.63) is 81.8 Å². The number of amides is 1. The number of hydrazone groups is 1. The van der Waals surface area contributed by atoms with Crippen LogP contribution in [0, 0.1) is 13.8 Å². The topological polar surface area (TPSA) is 67.2 Å². The van der Waals surface area contributed by atoms with Gasteiger partial charge in [-0.25, -0.2) is 15.4 Å². The molecule has 0 aliphatic rings. The van der Waals surface area contributed by atoms with E-state index in [1.54, 1.807) is 6.21 Å². The number of benzene rings is 2. The third-order valence-corrected chi connectivity index (χ3v) is 5.10. The summed E-state index contributed by atoms with van der Waals surface area (Å²) in [6.07, 6.45) is 1.55. The number of carbonyl (C=O) groups is 1. The molecule has 1 amide bonds. The van der Waals surface area contributed by atoms with Crippen LogP contribution in [-0.2, 0) is 0 Å². The average Bonchev–Trinajstić information content (AvgIpc) is 3.12. The van der Waals surface area contributed by atoms with Crippen molar-refractivity contribution >= 4 is 34.4 Å². The first-order valence-corrected chi connectivity index (χ1v) is 9.70. The number of nitrogens with zero attached hydrogens (tertiary/aromatic N) is 3. The highest BCUT2D eigenvalue weighted by Crippen LogP contribution is 2.25. The van der Waals surface area contributed by atoms with Gasteiger partial charge in [0, 0.05) is 16.3 Å². The fourth-order valence-electron chi connectivity index (χ4n) is 2.89. The molecule has 1 N–H and O–H groups in total. The molecule has 0 unspecified atom stereocenters. The molecule has 2 heterocycles. The van der Waals surface area contributed by atoms with Crippen LogP contribution in [-0.4, -0.2) is 22.1 Å². The van der Waals surface area contributed by atoms with Gasteiger partial charge in [-0.15, -0.1) is 11.3 Å². The second-order valence-corrected chi connectivity index (χ2v) is 7.49. The Morgan fingerprint density at radius 1 is 1.07 bits per heavy atom. The fraction of sp³-hybridized carbons (Fsp3) is 0.0909. The van der Waals surface area contributed by atoms with Gasteiger partial charge >= 0.3 is 0 Å². The zero-order chi connectivity index (χ0) is 19.5. The number of para-hydroxylation sites is 1. The van der Waals surface area contributed by atoms with Crippen molar-refractivity contribution in [3.8, 4) is 11.3 Å². The normalized spacial score (nSPS) is 11.2. The number of hydrogen-bond acceptors (Lipinski definition) is 5.